The van der Waals surface area contributed by atoms with E-state index in [0.29, 0.717) is 19.1 Å². The molecule has 0 bridgehead atoms. The molecule has 0 spiro atoms. The quantitative estimate of drug-likeness (QED) is 0.310. The van der Waals surface area contributed by atoms with E-state index >= 15 is 0 Å². The van der Waals surface area contributed by atoms with E-state index in [1.807, 2.05) is 18.2 Å². The largest absolute Gasteiger partial charge is 0.379 e. The molecule has 1 aliphatic rings. The van der Waals surface area contributed by atoms with Gasteiger partial charge in [0.1, 0.15) is 0 Å². The molecule has 0 amide bonds. The zero-order chi connectivity index (χ0) is 13.3. The van der Waals surface area contributed by atoms with Crippen LogP contribution in [0.25, 0.3) is 0 Å². The van der Waals surface area contributed by atoms with Gasteiger partial charge in [0, 0.05) is 13.2 Å². The van der Waals surface area contributed by atoms with Gasteiger partial charge in [-0.2, -0.15) is 0 Å². The molecule has 1 aromatic carbocycles. The maximum Gasteiger partial charge on any atom is 0.188 e. The number of nitrogens with one attached hydrogen (secondary N) is 1. The van der Waals surface area contributed by atoms with Gasteiger partial charge in [0.15, 0.2) is 5.96 Å². The highest BCUT2D eigenvalue weighted by Gasteiger charge is 2.20. The summed E-state index contributed by atoms with van der Waals surface area (Å²) < 4.78 is 5.49. The summed E-state index contributed by atoms with van der Waals surface area (Å²) in [6.45, 7) is 2.99. The van der Waals surface area contributed by atoms with Crippen LogP contribution in [0.2, 0.25) is 0 Å². The average molecular weight is 389 g/mol. The number of benzene rings is 1. The smallest absolute Gasteiger partial charge is 0.188 e. The molecule has 0 atom stereocenters. The number of guanidine groups is 1. The summed E-state index contributed by atoms with van der Waals surface area (Å²) in [5, 5.41) is 3.12. The van der Waals surface area contributed by atoms with Crippen LogP contribution in [0.3, 0.4) is 0 Å². The lowest BCUT2D eigenvalue weighted by atomic mass is 10.1. The van der Waals surface area contributed by atoms with Gasteiger partial charge in [-0.25, -0.2) is 0 Å². The van der Waals surface area contributed by atoms with Crippen LogP contribution in [0.1, 0.15) is 18.4 Å². The molecule has 2 rings (SSSR count). The van der Waals surface area contributed by atoms with E-state index < -0.39 is 0 Å². The molecule has 0 unspecified atom stereocenters. The standard InChI is InChI=1S/C15H23N3O.HI/c16-15(18-10-11-19-12-14-6-7-14)17-9-8-13-4-2-1-3-5-13;/h1-5,14H,6-12H2,(H3,16,17,18);1H. The molecule has 0 saturated heterocycles. The van der Waals surface area contributed by atoms with Crippen molar-refractivity contribution in [1.29, 1.82) is 0 Å². The average Bonchev–Trinajstić information content (AvgIpc) is 3.24. The van der Waals surface area contributed by atoms with Crippen molar-refractivity contribution >= 4 is 29.9 Å². The van der Waals surface area contributed by atoms with Gasteiger partial charge in [0.2, 0.25) is 0 Å². The van der Waals surface area contributed by atoms with Gasteiger partial charge in [-0.15, -0.1) is 24.0 Å². The Morgan fingerprint density at radius 2 is 2.05 bits per heavy atom. The van der Waals surface area contributed by atoms with E-state index in [4.69, 9.17) is 10.5 Å². The second-order valence-corrected chi connectivity index (χ2v) is 4.95. The van der Waals surface area contributed by atoms with Gasteiger partial charge in [-0.05, 0) is 30.7 Å². The van der Waals surface area contributed by atoms with Crippen LogP contribution in [0.15, 0.2) is 35.3 Å². The van der Waals surface area contributed by atoms with Crippen molar-refractivity contribution < 1.29 is 4.74 Å². The van der Waals surface area contributed by atoms with E-state index in [1.54, 1.807) is 0 Å². The highest BCUT2D eigenvalue weighted by atomic mass is 127. The fraction of sp³-hybridized carbons (Fsp3) is 0.533. The molecule has 0 radical (unpaired) electrons. The van der Waals surface area contributed by atoms with E-state index in [-0.39, 0.29) is 24.0 Å². The van der Waals surface area contributed by atoms with E-state index in [9.17, 15) is 0 Å². The minimum Gasteiger partial charge on any atom is -0.379 e. The van der Waals surface area contributed by atoms with Crippen LogP contribution in [-0.4, -0.2) is 32.3 Å². The molecular weight excluding hydrogens is 365 g/mol. The van der Waals surface area contributed by atoms with Gasteiger partial charge < -0.3 is 15.8 Å². The molecule has 112 valence electrons. The molecule has 1 fully saturated rings. The number of rotatable bonds is 8. The van der Waals surface area contributed by atoms with Crippen LogP contribution in [0, 0.1) is 5.92 Å². The monoisotopic (exact) mass is 389 g/mol. The molecule has 1 aromatic rings. The van der Waals surface area contributed by atoms with E-state index in [1.165, 1.54) is 18.4 Å². The Hall–Kier alpha value is -0.820. The predicted octanol–water partition coefficient (Wildman–Crippen LogP) is 2.18. The SMILES string of the molecule is I.NC(=NCCOCC1CC1)NCCc1ccccc1. The third-order valence-corrected chi connectivity index (χ3v) is 3.13. The first-order valence-electron chi connectivity index (χ1n) is 7.00. The fourth-order valence-corrected chi connectivity index (χ4v) is 1.80. The van der Waals surface area contributed by atoms with Gasteiger partial charge >= 0.3 is 0 Å². The minimum absolute atomic E-state index is 0. The summed E-state index contributed by atoms with van der Waals surface area (Å²) >= 11 is 0. The Morgan fingerprint density at radius 3 is 2.75 bits per heavy atom. The summed E-state index contributed by atoms with van der Waals surface area (Å²) in [7, 11) is 0. The number of ether oxygens (including phenoxy) is 1. The second kappa shape index (κ2) is 9.99. The fourth-order valence-electron chi connectivity index (χ4n) is 1.80. The molecule has 0 heterocycles. The van der Waals surface area contributed by atoms with Gasteiger partial charge in [-0.3, -0.25) is 4.99 Å². The summed E-state index contributed by atoms with van der Waals surface area (Å²) in [5.74, 6) is 1.32. The first-order valence-corrected chi connectivity index (χ1v) is 7.00. The molecule has 4 nitrogen and oxygen atoms in total. The Bertz CT molecular complexity index is 393. The number of hydrogen-bond acceptors (Lipinski definition) is 2. The molecule has 0 aromatic heterocycles. The van der Waals surface area contributed by atoms with Crippen molar-refractivity contribution in [2.75, 3.05) is 26.3 Å². The van der Waals surface area contributed by atoms with Crippen molar-refractivity contribution in [3.05, 3.63) is 35.9 Å². The number of nitrogens with zero attached hydrogens (tertiary/aromatic N) is 1. The Kier molecular flexibility index (Phi) is 8.60. The minimum atomic E-state index is 0. The molecule has 3 N–H and O–H groups in total. The van der Waals surface area contributed by atoms with Crippen LogP contribution in [0.5, 0.6) is 0 Å². The summed E-state index contributed by atoms with van der Waals surface area (Å²) in [6.07, 6.45) is 3.61. The summed E-state index contributed by atoms with van der Waals surface area (Å²) in [6, 6.07) is 10.3. The summed E-state index contributed by atoms with van der Waals surface area (Å²) in [5.41, 5.74) is 7.08. The highest BCUT2D eigenvalue weighted by Crippen LogP contribution is 2.28. The van der Waals surface area contributed by atoms with Crippen molar-refractivity contribution in [3.8, 4) is 0 Å². The van der Waals surface area contributed by atoms with Crippen LogP contribution < -0.4 is 11.1 Å². The third-order valence-electron chi connectivity index (χ3n) is 3.13. The molecule has 20 heavy (non-hydrogen) atoms. The third kappa shape index (κ3) is 7.69. The molecule has 1 aliphatic carbocycles. The maximum atomic E-state index is 5.78. The molecular formula is C15H24IN3O. The number of halogens is 1. The van der Waals surface area contributed by atoms with Gasteiger partial charge in [-0.1, -0.05) is 30.3 Å². The first-order chi connectivity index (χ1) is 9.34. The topological polar surface area (TPSA) is 59.6 Å². The lowest BCUT2D eigenvalue weighted by Crippen LogP contribution is -2.33. The second-order valence-electron chi connectivity index (χ2n) is 4.95. The number of hydrogen-bond donors (Lipinski definition) is 2. The van der Waals surface area contributed by atoms with Crippen molar-refractivity contribution in [3.63, 3.8) is 0 Å². The Morgan fingerprint density at radius 1 is 1.30 bits per heavy atom. The van der Waals surface area contributed by atoms with Crippen molar-refractivity contribution in [2.24, 2.45) is 16.6 Å². The maximum absolute atomic E-state index is 5.78. The highest BCUT2D eigenvalue weighted by molar-refractivity contribution is 14.0. The van der Waals surface area contributed by atoms with Crippen molar-refractivity contribution in [2.45, 2.75) is 19.3 Å². The lowest BCUT2D eigenvalue weighted by molar-refractivity contribution is 0.132. The van der Waals surface area contributed by atoms with Gasteiger partial charge in [0.25, 0.3) is 0 Å². The number of aliphatic imine (C=N–C) groups is 1. The van der Waals surface area contributed by atoms with E-state index in [2.05, 4.69) is 22.4 Å². The van der Waals surface area contributed by atoms with Crippen molar-refractivity contribution in [1.82, 2.24) is 5.32 Å². The number of nitrogens with two attached hydrogens (primary N) is 1. The summed E-state index contributed by atoms with van der Waals surface area (Å²) in [4.78, 5) is 4.23. The van der Waals surface area contributed by atoms with Crippen LogP contribution >= 0.6 is 24.0 Å². The van der Waals surface area contributed by atoms with Gasteiger partial charge in [0.05, 0.1) is 13.2 Å². The van der Waals surface area contributed by atoms with Crippen LogP contribution in [0.4, 0.5) is 0 Å². The normalized spacial score (nSPS) is 14.7. The van der Waals surface area contributed by atoms with E-state index in [0.717, 1.165) is 25.5 Å². The van der Waals surface area contributed by atoms with Crippen LogP contribution in [-0.2, 0) is 11.2 Å². The Balaban J connectivity index is 0.00000200. The predicted molar refractivity (Wildman–Crippen MR) is 93.6 cm³/mol. The zero-order valence-corrected chi connectivity index (χ0v) is 14.1. The molecule has 1 saturated carbocycles. The molecule has 5 heteroatoms. The zero-order valence-electron chi connectivity index (χ0n) is 11.8. The Labute approximate surface area is 138 Å². The molecule has 0 aliphatic heterocycles. The first kappa shape index (κ1) is 17.2. The lowest BCUT2D eigenvalue weighted by Gasteiger charge is -2.06.